The molecule has 0 heterocycles. The predicted octanol–water partition coefficient (Wildman–Crippen LogP) is 3.89. The van der Waals surface area contributed by atoms with E-state index in [0.29, 0.717) is 11.5 Å². The van der Waals surface area contributed by atoms with Crippen LogP contribution in [0.15, 0.2) is 0 Å². The van der Waals surface area contributed by atoms with Crippen molar-refractivity contribution in [1.29, 1.82) is 0 Å². The second-order valence-corrected chi connectivity index (χ2v) is 7.04. The lowest BCUT2D eigenvalue weighted by atomic mass is 9.92. The van der Waals surface area contributed by atoms with Crippen molar-refractivity contribution in [2.45, 2.75) is 83.8 Å². The maximum atomic E-state index is 5.95. The Hall–Kier alpha value is -0.0800. The Bertz CT molecular complexity index is 233. The highest BCUT2D eigenvalue weighted by molar-refractivity contribution is 4.86. The maximum Gasteiger partial charge on any atom is 0.0575 e. The van der Waals surface area contributed by atoms with Crippen LogP contribution in [-0.2, 0) is 4.74 Å². The molecule has 0 spiro atoms. The smallest absolute Gasteiger partial charge is 0.0575 e. The standard InChI is InChI=1S/C16H31NO/c1-16(2)10-9-14(13-16)17-11-6-12-18-15-7-4-3-5-8-15/h14-15,17H,3-13H2,1-2H3. The summed E-state index contributed by atoms with van der Waals surface area (Å²) in [6.45, 7) is 6.86. The van der Waals surface area contributed by atoms with Crippen LogP contribution in [0.3, 0.4) is 0 Å². The van der Waals surface area contributed by atoms with Crippen molar-refractivity contribution in [1.82, 2.24) is 5.32 Å². The fraction of sp³-hybridized carbons (Fsp3) is 1.00. The molecule has 0 aromatic heterocycles. The van der Waals surface area contributed by atoms with E-state index in [-0.39, 0.29) is 0 Å². The molecule has 106 valence electrons. The van der Waals surface area contributed by atoms with E-state index >= 15 is 0 Å². The molecular formula is C16H31NO. The minimum Gasteiger partial charge on any atom is -0.378 e. The Labute approximate surface area is 113 Å². The summed E-state index contributed by atoms with van der Waals surface area (Å²) in [5.74, 6) is 0. The van der Waals surface area contributed by atoms with Crippen LogP contribution in [0, 0.1) is 5.41 Å². The highest BCUT2D eigenvalue weighted by Gasteiger charge is 2.30. The minimum absolute atomic E-state index is 0.566. The third-order valence-electron chi connectivity index (χ3n) is 4.63. The van der Waals surface area contributed by atoms with Crippen molar-refractivity contribution in [3.8, 4) is 0 Å². The molecule has 2 fully saturated rings. The number of nitrogens with one attached hydrogen (secondary N) is 1. The highest BCUT2D eigenvalue weighted by atomic mass is 16.5. The van der Waals surface area contributed by atoms with E-state index in [1.165, 1.54) is 57.8 Å². The van der Waals surface area contributed by atoms with Crippen LogP contribution in [-0.4, -0.2) is 25.3 Å². The van der Waals surface area contributed by atoms with Crippen molar-refractivity contribution < 1.29 is 4.74 Å². The van der Waals surface area contributed by atoms with Gasteiger partial charge in [-0.3, -0.25) is 0 Å². The van der Waals surface area contributed by atoms with E-state index in [9.17, 15) is 0 Å². The van der Waals surface area contributed by atoms with E-state index in [1.807, 2.05) is 0 Å². The Morgan fingerprint density at radius 3 is 2.56 bits per heavy atom. The van der Waals surface area contributed by atoms with Crippen molar-refractivity contribution >= 4 is 0 Å². The van der Waals surface area contributed by atoms with Crippen molar-refractivity contribution in [2.75, 3.05) is 13.2 Å². The third kappa shape index (κ3) is 4.89. The first-order valence-electron chi connectivity index (χ1n) is 8.01. The van der Waals surface area contributed by atoms with Gasteiger partial charge in [0.05, 0.1) is 6.10 Å². The SMILES string of the molecule is CC1(C)CCC(NCCCOC2CCCCC2)C1. The van der Waals surface area contributed by atoms with Gasteiger partial charge in [-0.1, -0.05) is 33.1 Å². The second kappa shape index (κ2) is 6.91. The number of hydrogen-bond acceptors (Lipinski definition) is 2. The Kier molecular flexibility index (Phi) is 5.50. The molecule has 2 saturated carbocycles. The Balaban J connectivity index is 1.46. The molecule has 2 rings (SSSR count). The first-order valence-corrected chi connectivity index (χ1v) is 8.01. The Morgan fingerprint density at radius 2 is 1.89 bits per heavy atom. The average Bonchev–Trinajstić information content (AvgIpc) is 2.70. The van der Waals surface area contributed by atoms with Crippen molar-refractivity contribution in [2.24, 2.45) is 5.41 Å². The maximum absolute atomic E-state index is 5.95. The number of ether oxygens (including phenoxy) is 1. The van der Waals surface area contributed by atoms with Crippen LogP contribution >= 0.6 is 0 Å². The molecular weight excluding hydrogens is 222 g/mol. The van der Waals surface area contributed by atoms with Crippen LogP contribution < -0.4 is 5.32 Å². The summed E-state index contributed by atoms with van der Waals surface area (Å²) >= 11 is 0. The van der Waals surface area contributed by atoms with Crippen molar-refractivity contribution in [3.63, 3.8) is 0 Å². The average molecular weight is 253 g/mol. The van der Waals surface area contributed by atoms with Gasteiger partial charge in [0.1, 0.15) is 0 Å². The molecule has 0 bridgehead atoms. The van der Waals surface area contributed by atoms with Gasteiger partial charge in [-0.15, -0.1) is 0 Å². The summed E-state index contributed by atoms with van der Waals surface area (Å²) in [5.41, 5.74) is 0.566. The zero-order valence-electron chi connectivity index (χ0n) is 12.3. The van der Waals surface area contributed by atoms with E-state index in [2.05, 4.69) is 19.2 Å². The van der Waals surface area contributed by atoms with Gasteiger partial charge in [0.25, 0.3) is 0 Å². The van der Waals surface area contributed by atoms with Crippen LogP contribution in [0.5, 0.6) is 0 Å². The second-order valence-electron chi connectivity index (χ2n) is 7.04. The lowest BCUT2D eigenvalue weighted by molar-refractivity contribution is 0.0271. The Morgan fingerprint density at radius 1 is 1.11 bits per heavy atom. The van der Waals surface area contributed by atoms with Gasteiger partial charge in [0.2, 0.25) is 0 Å². The summed E-state index contributed by atoms with van der Waals surface area (Å²) in [7, 11) is 0. The topological polar surface area (TPSA) is 21.3 Å². The largest absolute Gasteiger partial charge is 0.378 e. The summed E-state index contributed by atoms with van der Waals surface area (Å²) in [6.07, 6.45) is 12.6. The fourth-order valence-electron chi connectivity index (χ4n) is 3.47. The molecule has 1 atom stereocenters. The normalized spacial score (nSPS) is 28.7. The van der Waals surface area contributed by atoms with Crippen LogP contribution in [0.25, 0.3) is 0 Å². The highest BCUT2D eigenvalue weighted by Crippen LogP contribution is 2.36. The van der Waals surface area contributed by atoms with Crippen LogP contribution in [0.4, 0.5) is 0 Å². The summed E-state index contributed by atoms with van der Waals surface area (Å²) in [5, 5.41) is 3.69. The van der Waals surface area contributed by atoms with Crippen LogP contribution in [0.1, 0.15) is 71.6 Å². The monoisotopic (exact) mass is 253 g/mol. The zero-order chi connectivity index (χ0) is 12.8. The van der Waals surface area contributed by atoms with E-state index in [1.54, 1.807) is 0 Å². The summed E-state index contributed by atoms with van der Waals surface area (Å²) in [6, 6.07) is 0.759. The molecule has 2 heteroatoms. The first-order chi connectivity index (χ1) is 8.66. The van der Waals surface area contributed by atoms with E-state index < -0.39 is 0 Å². The van der Waals surface area contributed by atoms with Gasteiger partial charge < -0.3 is 10.1 Å². The first kappa shape index (κ1) is 14.3. The molecule has 2 nitrogen and oxygen atoms in total. The summed E-state index contributed by atoms with van der Waals surface area (Å²) < 4.78 is 5.95. The van der Waals surface area contributed by atoms with Gasteiger partial charge in [0, 0.05) is 12.6 Å². The molecule has 1 N–H and O–H groups in total. The quantitative estimate of drug-likeness (QED) is 0.725. The zero-order valence-corrected chi connectivity index (χ0v) is 12.3. The lowest BCUT2D eigenvalue weighted by Gasteiger charge is -2.22. The molecule has 2 aliphatic carbocycles. The van der Waals surface area contributed by atoms with Gasteiger partial charge in [0.15, 0.2) is 0 Å². The fourth-order valence-corrected chi connectivity index (χ4v) is 3.47. The van der Waals surface area contributed by atoms with Crippen LogP contribution in [0.2, 0.25) is 0 Å². The predicted molar refractivity (Wildman–Crippen MR) is 76.9 cm³/mol. The van der Waals surface area contributed by atoms with E-state index in [4.69, 9.17) is 4.74 Å². The van der Waals surface area contributed by atoms with Crippen molar-refractivity contribution in [3.05, 3.63) is 0 Å². The lowest BCUT2D eigenvalue weighted by Crippen LogP contribution is -2.29. The number of rotatable bonds is 6. The number of hydrogen-bond donors (Lipinski definition) is 1. The van der Waals surface area contributed by atoms with Gasteiger partial charge in [-0.2, -0.15) is 0 Å². The van der Waals surface area contributed by atoms with Gasteiger partial charge in [-0.05, 0) is 50.5 Å². The molecule has 0 saturated heterocycles. The third-order valence-corrected chi connectivity index (χ3v) is 4.63. The minimum atomic E-state index is 0.566. The molecule has 0 aromatic rings. The van der Waals surface area contributed by atoms with Gasteiger partial charge >= 0.3 is 0 Å². The molecule has 2 aliphatic rings. The van der Waals surface area contributed by atoms with E-state index in [0.717, 1.165) is 19.2 Å². The van der Waals surface area contributed by atoms with Gasteiger partial charge in [-0.25, -0.2) is 0 Å². The molecule has 0 amide bonds. The molecule has 1 unspecified atom stereocenters. The summed E-state index contributed by atoms with van der Waals surface area (Å²) in [4.78, 5) is 0. The molecule has 0 radical (unpaired) electrons. The molecule has 18 heavy (non-hydrogen) atoms. The molecule has 0 aromatic carbocycles. The molecule has 0 aliphatic heterocycles.